The molecule has 1 aromatic carbocycles. The molecular formula is C41H67N7O9S. The number of alkyl carbamates (subject to hydrolysis) is 1. The lowest BCUT2D eigenvalue weighted by Gasteiger charge is -2.32. The molecule has 58 heavy (non-hydrogen) atoms. The van der Waals surface area contributed by atoms with Crippen molar-refractivity contribution in [2.75, 3.05) is 18.8 Å². The summed E-state index contributed by atoms with van der Waals surface area (Å²) >= 11 is 0. The standard InChI is InChI=1S/C41H67N7O9S/c1-5-21-58(55,56)45-27-32(49)25-36(50)33(22-29-15-9-6-10-16-29)47-39(53)35(24-31-26-42-28-44-31)48-38(52)34(23-30-17-11-7-12-18-30)46-37(51)19-13-8-14-20-43-40(54)57-41(2,3)4/h7,11-12,17-18,26,28-29,32-36,45,49-50H,5-6,8-10,13-16,19-25,27H2,1-4H3,(H,42,44)(H,43,54)(H,46,51)(H,47,53)(H,48,52)/t32-,33-,34-,35-,36-/m0/s1. The highest BCUT2D eigenvalue weighted by molar-refractivity contribution is 7.89. The third-order valence-corrected chi connectivity index (χ3v) is 11.5. The number of amides is 4. The molecule has 326 valence electrons. The number of unbranched alkanes of at least 4 members (excludes halogenated alkanes) is 2. The molecule has 1 aromatic heterocycles. The minimum atomic E-state index is -3.58. The Morgan fingerprint density at radius 1 is 0.931 bits per heavy atom. The molecule has 17 heteroatoms. The first-order valence-electron chi connectivity index (χ1n) is 20.8. The van der Waals surface area contributed by atoms with E-state index >= 15 is 0 Å². The zero-order chi connectivity index (χ0) is 42.6. The number of nitrogens with one attached hydrogen (secondary N) is 6. The molecule has 1 heterocycles. The van der Waals surface area contributed by atoms with E-state index in [1.807, 2.05) is 30.3 Å². The largest absolute Gasteiger partial charge is 0.444 e. The minimum absolute atomic E-state index is 0.0124. The Morgan fingerprint density at radius 2 is 1.62 bits per heavy atom. The van der Waals surface area contributed by atoms with Gasteiger partial charge < -0.3 is 41.2 Å². The summed E-state index contributed by atoms with van der Waals surface area (Å²) < 4.78 is 32.0. The molecule has 0 unspecified atom stereocenters. The quantitative estimate of drug-likeness (QED) is 0.0680. The lowest BCUT2D eigenvalue weighted by Crippen LogP contribution is -2.57. The maximum absolute atomic E-state index is 14.2. The van der Waals surface area contributed by atoms with Gasteiger partial charge in [-0.15, -0.1) is 0 Å². The molecule has 1 aliphatic rings. The fourth-order valence-corrected chi connectivity index (χ4v) is 8.11. The van der Waals surface area contributed by atoms with Gasteiger partial charge in [0.2, 0.25) is 27.7 Å². The summed E-state index contributed by atoms with van der Waals surface area (Å²) in [5.74, 6) is -1.35. The van der Waals surface area contributed by atoms with Crippen molar-refractivity contribution < 1.29 is 42.5 Å². The van der Waals surface area contributed by atoms with Crippen LogP contribution in [0.5, 0.6) is 0 Å². The van der Waals surface area contributed by atoms with Crippen molar-refractivity contribution in [3.8, 4) is 0 Å². The Kier molecular flexibility index (Phi) is 20.6. The van der Waals surface area contributed by atoms with E-state index in [4.69, 9.17) is 4.74 Å². The molecule has 0 radical (unpaired) electrons. The Hall–Kier alpha value is -4.06. The molecule has 0 aliphatic heterocycles. The number of H-pyrrole nitrogens is 1. The van der Waals surface area contributed by atoms with Gasteiger partial charge in [0.05, 0.1) is 36.0 Å². The van der Waals surface area contributed by atoms with Crippen molar-refractivity contribution >= 4 is 33.8 Å². The van der Waals surface area contributed by atoms with Crippen molar-refractivity contribution in [2.24, 2.45) is 5.92 Å². The van der Waals surface area contributed by atoms with Crippen LogP contribution in [-0.2, 0) is 42.0 Å². The number of aliphatic hydroxyl groups is 2. The van der Waals surface area contributed by atoms with Crippen molar-refractivity contribution in [2.45, 2.75) is 154 Å². The minimum Gasteiger partial charge on any atom is -0.444 e. The zero-order valence-electron chi connectivity index (χ0n) is 34.6. The first-order chi connectivity index (χ1) is 27.5. The third kappa shape index (κ3) is 19.6. The summed E-state index contributed by atoms with van der Waals surface area (Å²) in [7, 11) is -3.58. The lowest BCUT2D eigenvalue weighted by atomic mass is 9.83. The number of ether oxygens (including phenoxy) is 1. The number of sulfonamides is 1. The van der Waals surface area contributed by atoms with Gasteiger partial charge in [-0.3, -0.25) is 14.4 Å². The van der Waals surface area contributed by atoms with Gasteiger partial charge in [-0.05, 0) is 57.9 Å². The van der Waals surface area contributed by atoms with E-state index in [2.05, 4.69) is 36.0 Å². The molecule has 5 atom stereocenters. The zero-order valence-corrected chi connectivity index (χ0v) is 35.5. The molecule has 2 aromatic rings. The summed E-state index contributed by atoms with van der Waals surface area (Å²) in [5, 5.41) is 33.5. The SMILES string of the molecule is CCCS(=O)(=O)NC[C@@H](O)C[C@H](O)[C@H](CC1CCCCC1)NC(=O)[C@H](Cc1c[nH]cn1)NC(=O)[C@H](Cc1ccccc1)NC(=O)CCCCCNC(=O)OC(C)(C)C. The molecule has 0 saturated heterocycles. The van der Waals surface area contributed by atoms with E-state index in [-0.39, 0.29) is 49.8 Å². The number of benzene rings is 1. The van der Waals surface area contributed by atoms with Crippen LogP contribution in [0.2, 0.25) is 0 Å². The number of aliphatic hydroxyl groups excluding tert-OH is 2. The predicted octanol–water partition coefficient (Wildman–Crippen LogP) is 3.15. The van der Waals surface area contributed by atoms with E-state index < -0.39 is 63.9 Å². The number of hydrogen-bond acceptors (Lipinski definition) is 10. The van der Waals surface area contributed by atoms with Crippen LogP contribution in [0.15, 0.2) is 42.9 Å². The van der Waals surface area contributed by atoms with Gasteiger partial charge in [0, 0.05) is 45.0 Å². The van der Waals surface area contributed by atoms with Crippen LogP contribution in [0.3, 0.4) is 0 Å². The average molecular weight is 834 g/mol. The van der Waals surface area contributed by atoms with Crippen LogP contribution >= 0.6 is 0 Å². The van der Waals surface area contributed by atoms with Gasteiger partial charge in [0.15, 0.2) is 0 Å². The lowest BCUT2D eigenvalue weighted by molar-refractivity contribution is -0.132. The first-order valence-corrected chi connectivity index (χ1v) is 22.4. The van der Waals surface area contributed by atoms with Crippen LogP contribution in [-0.4, -0.2) is 107 Å². The van der Waals surface area contributed by atoms with Crippen LogP contribution < -0.4 is 26.0 Å². The van der Waals surface area contributed by atoms with E-state index in [0.717, 1.165) is 37.7 Å². The van der Waals surface area contributed by atoms with Gasteiger partial charge >= 0.3 is 6.09 Å². The molecule has 0 spiro atoms. The smallest absolute Gasteiger partial charge is 0.407 e. The fourth-order valence-electron chi connectivity index (χ4n) is 6.98. The van der Waals surface area contributed by atoms with Crippen LogP contribution in [0.25, 0.3) is 0 Å². The van der Waals surface area contributed by atoms with Crippen LogP contribution in [0, 0.1) is 5.92 Å². The monoisotopic (exact) mass is 833 g/mol. The number of aromatic nitrogens is 2. The number of rotatable bonds is 25. The predicted molar refractivity (Wildman–Crippen MR) is 221 cm³/mol. The van der Waals surface area contributed by atoms with E-state index in [9.17, 15) is 37.8 Å². The topological polar surface area (TPSA) is 241 Å². The van der Waals surface area contributed by atoms with Gasteiger partial charge in [-0.1, -0.05) is 75.8 Å². The Morgan fingerprint density at radius 3 is 2.28 bits per heavy atom. The number of aromatic amines is 1. The van der Waals surface area contributed by atoms with E-state index in [1.165, 1.54) is 6.33 Å². The first kappa shape index (κ1) is 48.3. The summed E-state index contributed by atoms with van der Waals surface area (Å²) in [4.78, 5) is 60.5. The molecule has 4 amide bonds. The molecule has 1 saturated carbocycles. The van der Waals surface area contributed by atoms with Gasteiger partial charge in [0.1, 0.15) is 17.7 Å². The number of carbonyl (C=O) groups is 4. The second kappa shape index (κ2) is 24.8. The van der Waals surface area contributed by atoms with Gasteiger partial charge in [-0.2, -0.15) is 0 Å². The Labute approximate surface area is 343 Å². The van der Waals surface area contributed by atoms with E-state index in [0.29, 0.717) is 44.3 Å². The van der Waals surface area contributed by atoms with Gasteiger partial charge in [0.25, 0.3) is 0 Å². The van der Waals surface area contributed by atoms with Crippen LogP contribution in [0.1, 0.15) is 116 Å². The Bertz CT molecular complexity index is 1630. The summed E-state index contributed by atoms with van der Waals surface area (Å²) in [6.07, 6.45) is 7.99. The molecule has 16 nitrogen and oxygen atoms in total. The molecular weight excluding hydrogens is 767 g/mol. The van der Waals surface area contributed by atoms with Crippen LogP contribution in [0.4, 0.5) is 4.79 Å². The second-order valence-electron chi connectivity index (χ2n) is 16.4. The number of imidazole rings is 1. The van der Waals surface area contributed by atoms with Crippen molar-refractivity contribution in [1.82, 2.24) is 36.0 Å². The maximum atomic E-state index is 14.2. The second-order valence-corrected chi connectivity index (χ2v) is 18.3. The maximum Gasteiger partial charge on any atom is 0.407 e. The highest BCUT2D eigenvalue weighted by Crippen LogP contribution is 2.28. The van der Waals surface area contributed by atoms with Crippen molar-refractivity contribution in [1.29, 1.82) is 0 Å². The normalized spacial score (nSPS) is 16.3. The van der Waals surface area contributed by atoms with Crippen molar-refractivity contribution in [3.63, 3.8) is 0 Å². The highest BCUT2D eigenvalue weighted by Gasteiger charge is 2.33. The fraction of sp³-hybridized carbons (Fsp3) is 0.683. The summed E-state index contributed by atoms with van der Waals surface area (Å²) in [5.41, 5.74) is 0.707. The number of hydrogen-bond donors (Lipinski definition) is 8. The highest BCUT2D eigenvalue weighted by atomic mass is 32.2. The molecule has 1 fully saturated rings. The summed E-state index contributed by atoms with van der Waals surface area (Å²) in [6, 6.07) is 6.25. The third-order valence-electron chi connectivity index (χ3n) is 9.91. The molecule has 0 bridgehead atoms. The molecule has 3 rings (SSSR count). The molecule has 8 N–H and O–H groups in total. The van der Waals surface area contributed by atoms with Crippen molar-refractivity contribution in [3.05, 3.63) is 54.1 Å². The summed E-state index contributed by atoms with van der Waals surface area (Å²) in [6.45, 7) is 7.21. The average Bonchev–Trinajstić information content (AvgIpc) is 3.68. The Balaban J connectivity index is 1.71. The molecule has 1 aliphatic carbocycles. The van der Waals surface area contributed by atoms with E-state index in [1.54, 1.807) is 33.9 Å². The van der Waals surface area contributed by atoms with Gasteiger partial charge in [-0.25, -0.2) is 22.9 Å². The number of nitrogens with zero attached hydrogens (tertiary/aromatic N) is 1. The number of carbonyl (C=O) groups excluding carboxylic acids is 4.